The van der Waals surface area contributed by atoms with Crippen LogP contribution in [0.25, 0.3) is 21.3 Å². The van der Waals surface area contributed by atoms with Crippen LogP contribution >= 0.6 is 22.9 Å². The van der Waals surface area contributed by atoms with Crippen molar-refractivity contribution >= 4 is 39.1 Å². The molecule has 5 nitrogen and oxygen atoms in total. The number of aromatic nitrogens is 2. The number of fused-ring (bicyclic) bond motifs is 1. The number of rotatable bonds is 5. The Morgan fingerprint density at radius 3 is 2.62 bits per heavy atom. The molecule has 0 bridgehead atoms. The number of aryl methyl sites for hydroxylation is 2. The molecule has 1 aromatic carbocycles. The minimum atomic E-state index is -0.280. The summed E-state index contributed by atoms with van der Waals surface area (Å²) in [7, 11) is 1.36. The van der Waals surface area contributed by atoms with E-state index in [2.05, 4.69) is 9.72 Å². The summed E-state index contributed by atoms with van der Waals surface area (Å²) in [4.78, 5) is 30.9. The van der Waals surface area contributed by atoms with Gasteiger partial charge in [-0.05, 0) is 38.0 Å². The Labute approximate surface area is 160 Å². The van der Waals surface area contributed by atoms with E-state index in [1.807, 2.05) is 38.1 Å². The quantitative estimate of drug-likeness (QED) is 0.607. The van der Waals surface area contributed by atoms with Crippen LogP contribution in [0.3, 0.4) is 0 Å². The molecule has 0 saturated heterocycles. The second-order valence-corrected chi connectivity index (χ2v) is 7.66. The van der Waals surface area contributed by atoms with Crippen LogP contribution in [0, 0.1) is 13.8 Å². The van der Waals surface area contributed by atoms with Gasteiger partial charge in [-0.3, -0.25) is 14.2 Å². The smallest absolute Gasteiger partial charge is 0.305 e. The molecule has 0 spiro atoms. The topological polar surface area (TPSA) is 61.2 Å². The number of benzene rings is 1. The van der Waals surface area contributed by atoms with Crippen LogP contribution in [0.2, 0.25) is 5.02 Å². The summed E-state index contributed by atoms with van der Waals surface area (Å²) < 4.78 is 6.29. The first kappa shape index (κ1) is 18.6. The number of carbonyl (C=O) groups is 1. The molecule has 7 heteroatoms. The maximum atomic E-state index is 13.2. The van der Waals surface area contributed by atoms with Crippen molar-refractivity contribution in [1.29, 1.82) is 0 Å². The van der Waals surface area contributed by atoms with Crippen molar-refractivity contribution < 1.29 is 9.53 Å². The lowest BCUT2D eigenvalue weighted by molar-refractivity contribution is -0.140. The van der Waals surface area contributed by atoms with Crippen molar-refractivity contribution in [3.05, 3.63) is 50.3 Å². The van der Waals surface area contributed by atoms with Gasteiger partial charge in [0, 0.05) is 28.4 Å². The van der Waals surface area contributed by atoms with Crippen LogP contribution in [0.4, 0.5) is 0 Å². The summed E-state index contributed by atoms with van der Waals surface area (Å²) in [5.74, 6) is 0.370. The molecule has 0 aliphatic carbocycles. The van der Waals surface area contributed by atoms with Crippen LogP contribution in [-0.2, 0) is 16.1 Å². The van der Waals surface area contributed by atoms with E-state index in [1.54, 1.807) is 4.57 Å². The number of thiophene rings is 1. The molecule has 0 saturated carbocycles. The van der Waals surface area contributed by atoms with E-state index in [9.17, 15) is 9.59 Å². The Morgan fingerprint density at radius 2 is 1.96 bits per heavy atom. The van der Waals surface area contributed by atoms with Gasteiger partial charge in [0.05, 0.1) is 12.5 Å². The van der Waals surface area contributed by atoms with Crippen LogP contribution in [-0.4, -0.2) is 22.6 Å². The molecule has 0 radical (unpaired) electrons. The lowest BCUT2D eigenvalue weighted by Crippen LogP contribution is -2.24. The van der Waals surface area contributed by atoms with Gasteiger partial charge in [-0.15, -0.1) is 11.3 Å². The fourth-order valence-corrected chi connectivity index (χ4v) is 4.21. The molecule has 136 valence electrons. The van der Waals surface area contributed by atoms with Gasteiger partial charge in [0.15, 0.2) is 0 Å². The maximum absolute atomic E-state index is 13.2. The largest absolute Gasteiger partial charge is 0.469 e. The second-order valence-electron chi connectivity index (χ2n) is 6.02. The zero-order chi connectivity index (χ0) is 18.8. The van der Waals surface area contributed by atoms with Gasteiger partial charge in [-0.2, -0.15) is 0 Å². The SMILES string of the molecule is COC(=O)CCCn1c(C)nc2sc(C)c(-c3ccc(Cl)cc3)c2c1=O. The van der Waals surface area contributed by atoms with E-state index in [0.717, 1.165) is 20.8 Å². The average Bonchev–Trinajstić information content (AvgIpc) is 2.94. The summed E-state index contributed by atoms with van der Waals surface area (Å²) >= 11 is 7.51. The summed E-state index contributed by atoms with van der Waals surface area (Å²) in [6.07, 6.45) is 0.799. The monoisotopic (exact) mass is 390 g/mol. The van der Waals surface area contributed by atoms with Gasteiger partial charge >= 0.3 is 5.97 Å². The predicted molar refractivity (Wildman–Crippen MR) is 105 cm³/mol. The van der Waals surface area contributed by atoms with Crippen molar-refractivity contribution in [2.24, 2.45) is 0 Å². The highest BCUT2D eigenvalue weighted by Crippen LogP contribution is 2.36. The van der Waals surface area contributed by atoms with Crippen molar-refractivity contribution in [2.75, 3.05) is 7.11 Å². The summed E-state index contributed by atoms with van der Waals surface area (Å²) in [6, 6.07) is 7.46. The minimum Gasteiger partial charge on any atom is -0.469 e. The predicted octanol–water partition coefficient (Wildman–Crippen LogP) is 4.35. The van der Waals surface area contributed by atoms with Crippen molar-refractivity contribution in [2.45, 2.75) is 33.2 Å². The number of carbonyl (C=O) groups excluding carboxylic acids is 1. The van der Waals surface area contributed by atoms with E-state index < -0.39 is 0 Å². The summed E-state index contributed by atoms with van der Waals surface area (Å²) in [6.45, 7) is 4.24. The number of halogens is 1. The third kappa shape index (κ3) is 3.52. The fourth-order valence-electron chi connectivity index (χ4n) is 3.01. The number of esters is 1. The highest BCUT2D eigenvalue weighted by molar-refractivity contribution is 7.19. The lowest BCUT2D eigenvalue weighted by Gasteiger charge is -2.10. The van der Waals surface area contributed by atoms with Crippen molar-refractivity contribution in [3.8, 4) is 11.1 Å². The summed E-state index contributed by atoms with van der Waals surface area (Å²) in [5.41, 5.74) is 1.77. The molecule has 2 aromatic heterocycles. The molecule has 0 amide bonds. The maximum Gasteiger partial charge on any atom is 0.305 e. The van der Waals surface area contributed by atoms with Crippen LogP contribution in [0.15, 0.2) is 29.1 Å². The minimum absolute atomic E-state index is 0.0772. The molecule has 26 heavy (non-hydrogen) atoms. The Morgan fingerprint density at radius 1 is 1.27 bits per heavy atom. The van der Waals surface area contributed by atoms with Gasteiger partial charge in [0.2, 0.25) is 0 Å². The molecular weight excluding hydrogens is 372 g/mol. The number of ether oxygens (including phenoxy) is 1. The third-order valence-corrected chi connectivity index (χ3v) is 5.55. The molecule has 0 aliphatic heterocycles. The Kier molecular flexibility index (Phi) is 5.44. The normalized spacial score (nSPS) is 11.1. The number of methoxy groups -OCH3 is 1. The third-order valence-electron chi connectivity index (χ3n) is 4.30. The Hall–Kier alpha value is -2.18. The van der Waals surface area contributed by atoms with E-state index in [4.69, 9.17) is 11.6 Å². The molecule has 0 unspecified atom stereocenters. The van der Waals surface area contributed by atoms with E-state index in [0.29, 0.717) is 29.2 Å². The van der Waals surface area contributed by atoms with Crippen molar-refractivity contribution in [3.63, 3.8) is 0 Å². The van der Waals surface area contributed by atoms with Gasteiger partial charge < -0.3 is 4.74 Å². The first-order chi connectivity index (χ1) is 12.4. The molecule has 0 aliphatic rings. The highest BCUT2D eigenvalue weighted by atomic mass is 35.5. The van der Waals surface area contributed by atoms with Crippen LogP contribution in [0.5, 0.6) is 0 Å². The second kappa shape index (κ2) is 7.60. The summed E-state index contributed by atoms with van der Waals surface area (Å²) in [5, 5.41) is 1.28. The molecule has 3 aromatic rings. The Balaban J connectivity index is 2.09. The number of nitrogens with zero attached hydrogens (tertiary/aromatic N) is 2. The molecule has 0 fully saturated rings. The highest BCUT2D eigenvalue weighted by Gasteiger charge is 2.18. The van der Waals surface area contributed by atoms with Gasteiger partial charge in [0.25, 0.3) is 5.56 Å². The zero-order valence-corrected chi connectivity index (χ0v) is 16.4. The lowest BCUT2D eigenvalue weighted by atomic mass is 10.0. The number of hydrogen-bond donors (Lipinski definition) is 0. The molecular formula is C19H19ClN2O3S. The molecule has 3 rings (SSSR count). The van der Waals surface area contributed by atoms with E-state index >= 15 is 0 Å². The van der Waals surface area contributed by atoms with Gasteiger partial charge in [0.1, 0.15) is 10.7 Å². The average molecular weight is 391 g/mol. The van der Waals surface area contributed by atoms with Crippen LogP contribution in [0.1, 0.15) is 23.5 Å². The standard InChI is InChI=1S/C19H19ClN2O3S/c1-11-16(13-6-8-14(20)9-7-13)17-18(26-11)21-12(2)22(19(17)24)10-4-5-15(23)25-3/h6-9H,4-5,10H2,1-3H3. The molecule has 0 N–H and O–H groups in total. The van der Waals surface area contributed by atoms with E-state index in [-0.39, 0.29) is 17.9 Å². The molecule has 2 heterocycles. The van der Waals surface area contributed by atoms with Gasteiger partial charge in [-0.25, -0.2) is 4.98 Å². The fraction of sp³-hybridized carbons (Fsp3) is 0.316. The first-order valence-corrected chi connectivity index (χ1v) is 9.45. The first-order valence-electron chi connectivity index (χ1n) is 8.25. The van der Waals surface area contributed by atoms with E-state index in [1.165, 1.54) is 18.4 Å². The van der Waals surface area contributed by atoms with Gasteiger partial charge in [-0.1, -0.05) is 23.7 Å². The Bertz CT molecular complexity index is 1020. The number of hydrogen-bond acceptors (Lipinski definition) is 5. The molecule has 0 atom stereocenters. The zero-order valence-electron chi connectivity index (χ0n) is 14.8. The van der Waals surface area contributed by atoms with Crippen LogP contribution < -0.4 is 5.56 Å². The van der Waals surface area contributed by atoms with Crippen molar-refractivity contribution in [1.82, 2.24) is 9.55 Å².